The van der Waals surface area contributed by atoms with Gasteiger partial charge in [-0.1, -0.05) is 18.2 Å². The van der Waals surface area contributed by atoms with Gasteiger partial charge < -0.3 is 9.73 Å². The summed E-state index contributed by atoms with van der Waals surface area (Å²) in [5.74, 6) is 0.854. The first-order chi connectivity index (χ1) is 9.40. The Morgan fingerprint density at radius 3 is 3.21 bits per heavy atom. The fourth-order valence-electron chi connectivity index (χ4n) is 3.66. The maximum absolute atomic E-state index is 5.64. The molecule has 0 amide bonds. The van der Waals surface area contributed by atoms with E-state index in [1.165, 1.54) is 43.4 Å². The van der Waals surface area contributed by atoms with Crippen molar-refractivity contribution in [2.75, 3.05) is 19.6 Å². The van der Waals surface area contributed by atoms with Crippen LogP contribution in [0.3, 0.4) is 0 Å². The minimum atomic E-state index is 0.775. The monoisotopic (exact) mass is 256 g/mol. The Labute approximate surface area is 113 Å². The molecular formula is C16H20N2O. The van der Waals surface area contributed by atoms with E-state index in [9.17, 15) is 0 Å². The van der Waals surface area contributed by atoms with Crippen molar-refractivity contribution in [1.29, 1.82) is 0 Å². The average Bonchev–Trinajstić information content (AvgIpc) is 3.06. The summed E-state index contributed by atoms with van der Waals surface area (Å²) in [5, 5.41) is 4.89. The zero-order valence-corrected chi connectivity index (χ0v) is 11.1. The fraction of sp³-hybridized carbons (Fsp3) is 0.500. The molecule has 2 aromatic rings. The number of nitrogens with one attached hydrogen (secondary N) is 1. The Bertz CT molecular complexity index is 577. The zero-order chi connectivity index (χ0) is 12.7. The first kappa shape index (κ1) is 11.5. The van der Waals surface area contributed by atoms with Gasteiger partial charge in [-0.15, -0.1) is 0 Å². The Morgan fingerprint density at radius 2 is 2.21 bits per heavy atom. The van der Waals surface area contributed by atoms with Crippen molar-refractivity contribution in [2.45, 2.75) is 25.4 Å². The van der Waals surface area contributed by atoms with Gasteiger partial charge >= 0.3 is 0 Å². The smallest absolute Gasteiger partial charge is 0.134 e. The third-order valence-corrected chi connectivity index (χ3v) is 4.69. The van der Waals surface area contributed by atoms with E-state index < -0.39 is 0 Å². The second-order valence-electron chi connectivity index (χ2n) is 5.89. The van der Waals surface area contributed by atoms with Crippen molar-refractivity contribution in [3.8, 4) is 0 Å². The highest BCUT2D eigenvalue weighted by atomic mass is 16.3. The second kappa shape index (κ2) is 4.66. The highest BCUT2D eigenvalue weighted by molar-refractivity contribution is 5.80. The van der Waals surface area contributed by atoms with Crippen LogP contribution in [0, 0.1) is 5.92 Å². The minimum Gasteiger partial charge on any atom is -0.464 e. The van der Waals surface area contributed by atoms with Gasteiger partial charge in [0.2, 0.25) is 0 Å². The van der Waals surface area contributed by atoms with Crippen molar-refractivity contribution in [1.82, 2.24) is 10.2 Å². The number of benzene rings is 1. The number of furan rings is 1. The number of piperidine rings is 1. The first-order valence-electron chi connectivity index (χ1n) is 7.31. The van der Waals surface area contributed by atoms with Crippen LogP contribution in [0.5, 0.6) is 0 Å². The van der Waals surface area contributed by atoms with Crippen LogP contribution < -0.4 is 5.32 Å². The summed E-state index contributed by atoms with van der Waals surface area (Å²) in [4.78, 5) is 2.59. The molecule has 3 nitrogen and oxygen atoms in total. The number of rotatable bonds is 2. The molecule has 0 saturated carbocycles. The van der Waals surface area contributed by atoms with Crippen molar-refractivity contribution >= 4 is 11.0 Å². The molecule has 1 aromatic carbocycles. The second-order valence-corrected chi connectivity index (χ2v) is 5.89. The summed E-state index contributed by atoms with van der Waals surface area (Å²) in [6.07, 6.45) is 4.57. The summed E-state index contributed by atoms with van der Waals surface area (Å²) in [6.45, 7) is 4.67. The molecule has 100 valence electrons. The van der Waals surface area contributed by atoms with Crippen molar-refractivity contribution in [3.05, 3.63) is 36.1 Å². The topological polar surface area (TPSA) is 28.4 Å². The summed E-state index contributed by atoms with van der Waals surface area (Å²) in [5.41, 5.74) is 2.34. The SMILES string of the molecule is c1ccc2c(CN3CCC4NCCC4C3)coc2c1. The van der Waals surface area contributed by atoms with Gasteiger partial charge in [-0.25, -0.2) is 0 Å². The molecule has 1 aromatic heterocycles. The van der Waals surface area contributed by atoms with Gasteiger partial charge in [0.25, 0.3) is 0 Å². The molecule has 3 heterocycles. The van der Waals surface area contributed by atoms with Crippen LogP contribution in [0.2, 0.25) is 0 Å². The largest absolute Gasteiger partial charge is 0.464 e. The lowest BCUT2D eigenvalue weighted by atomic mass is 9.93. The molecule has 2 fully saturated rings. The molecule has 2 aliphatic heterocycles. The zero-order valence-electron chi connectivity index (χ0n) is 11.1. The number of para-hydroxylation sites is 1. The van der Waals surface area contributed by atoms with Gasteiger partial charge in [-0.05, 0) is 37.9 Å². The van der Waals surface area contributed by atoms with Crippen molar-refractivity contribution in [3.63, 3.8) is 0 Å². The number of likely N-dealkylation sites (tertiary alicyclic amines) is 1. The van der Waals surface area contributed by atoms with Crippen molar-refractivity contribution < 1.29 is 4.42 Å². The number of nitrogens with zero attached hydrogens (tertiary/aromatic N) is 1. The molecule has 2 saturated heterocycles. The predicted octanol–water partition coefficient (Wildman–Crippen LogP) is 2.62. The van der Waals surface area contributed by atoms with E-state index >= 15 is 0 Å². The fourth-order valence-corrected chi connectivity index (χ4v) is 3.66. The number of hydrogen-bond donors (Lipinski definition) is 1. The van der Waals surface area contributed by atoms with E-state index in [2.05, 4.69) is 22.3 Å². The molecule has 1 N–H and O–H groups in total. The molecule has 0 spiro atoms. The first-order valence-corrected chi connectivity index (χ1v) is 7.31. The normalized spacial score (nSPS) is 27.8. The minimum absolute atomic E-state index is 0.775. The Balaban J connectivity index is 1.52. The average molecular weight is 256 g/mol. The lowest BCUT2D eigenvalue weighted by molar-refractivity contribution is 0.156. The molecule has 0 bridgehead atoms. The Morgan fingerprint density at radius 1 is 1.26 bits per heavy atom. The van der Waals surface area contributed by atoms with Crippen LogP contribution in [0.4, 0.5) is 0 Å². The van der Waals surface area contributed by atoms with Crippen LogP contribution in [-0.4, -0.2) is 30.6 Å². The quantitative estimate of drug-likeness (QED) is 0.895. The maximum atomic E-state index is 5.64. The molecule has 2 aliphatic rings. The van der Waals surface area contributed by atoms with Gasteiger partial charge in [0.15, 0.2) is 0 Å². The molecule has 3 heteroatoms. The summed E-state index contributed by atoms with van der Waals surface area (Å²) in [6, 6.07) is 9.11. The van der Waals surface area contributed by atoms with E-state index in [0.717, 1.165) is 24.1 Å². The van der Waals surface area contributed by atoms with E-state index in [4.69, 9.17) is 4.42 Å². The van der Waals surface area contributed by atoms with Crippen molar-refractivity contribution in [2.24, 2.45) is 5.92 Å². The number of fused-ring (bicyclic) bond motifs is 2. The summed E-state index contributed by atoms with van der Waals surface area (Å²) in [7, 11) is 0. The summed E-state index contributed by atoms with van der Waals surface area (Å²) >= 11 is 0. The third-order valence-electron chi connectivity index (χ3n) is 4.69. The van der Waals surface area contributed by atoms with Crippen LogP contribution in [0.25, 0.3) is 11.0 Å². The lowest BCUT2D eigenvalue weighted by Gasteiger charge is -2.34. The van der Waals surface area contributed by atoms with Gasteiger partial charge in [0.1, 0.15) is 5.58 Å². The predicted molar refractivity (Wildman–Crippen MR) is 76.0 cm³/mol. The Hall–Kier alpha value is -1.32. The molecule has 0 aliphatic carbocycles. The van der Waals surface area contributed by atoms with Crippen LogP contribution in [0.1, 0.15) is 18.4 Å². The van der Waals surface area contributed by atoms with Crippen LogP contribution in [0.15, 0.2) is 34.9 Å². The van der Waals surface area contributed by atoms with Crippen LogP contribution in [-0.2, 0) is 6.54 Å². The van der Waals surface area contributed by atoms with Gasteiger partial charge in [-0.3, -0.25) is 4.90 Å². The lowest BCUT2D eigenvalue weighted by Crippen LogP contribution is -2.43. The molecule has 0 radical (unpaired) electrons. The van der Waals surface area contributed by atoms with E-state index in [-0.39, 0.29) is 0 Å². The Kier molecular flexibility index (Phi) is 2.82. The third kappa shape index (κ3) is 2.07. The van der Waals surface area contributed by atoms with E-state index in [1.807, 2.05) is 18.4 Å². The highest BCUT2D eigenvalue weighted by Crippen LogP contribution is 2.27. The maximum Gasteiger partial charge on any atom is 0.134 e. The standard InChI is InChI=1S/C16H20N2O/c1-2-4-16-14(3-1)13(11-19-16)10-18-8-6-15-12(9-18)5-7-17-15/h1-4,11-12,15,17H,5-10H2. The molecular weight excluding hydrogens is 236 g/mol. The molecule has 2 atom stereocenters. The van der Waals surface area contributed by atoms with Gasteiger partial charge in [0, 0.05) is 30.1 Å². The number of hydrogen-bond acceptors (Lipinski definition) is 3. The molecule has 2 unspecified atom stereocenters. The highest BCUT2D eigenvalue weighted by Gasteiger charge is 2.32. The van der Waals surface area contributed by atoms with Gasteiger partial charge in [0.05, 0.1) is 6.26 Å². The van der Waals surface area contributed by atoms with E-state index in [1.54, 1.807) is 0 Å². The summed E-state index contributed by atoms with van der Waals surface area (Å²) < 4.78 is 5.64. The van der Waals surface area contributed by atoms with Gasteiger partial charge in [-0.2, -0.15) is 0 Å². The molecule has 4 rings (SSSR count). The van der Waals surface area contributed by atoms with E-state index in [0.29, 0.717) is 0 Å². The van der Waals surface area contributed by atoms with Crippen LogP contribution >= 0.6 is 0 Å². The molecule has 19 heavy (non-hydrogen) atoms.